The number of nitrogens with zero attached hydrogens (tertiary/aromatic N) is 1. The zero-order chi connectivity index (χ0) is 26.2. The van der Waals surface area contributed by atoms with E-state index in [0.717, 1.165) is 21.9 Å². The van der Waals surface area contributed by atoms with Crippen molar-refractivity contribution in [3.8, 4) is 28.5 Å². The molecule has 0 unspecified atom stereocenters. The minimum Gasteiger partial charge on any atom is -0.496 e. The number of hydrogen-bond donors (Lipinski definition) is 2. The first-order valence-electron chi connectivity index (χ1n) is 11.2. The number of methoxy groups -OCH3 is 3. The Balaban J connectivity index is 1.29. The number of thioether (sulfide) groups is 1. The minimum absolute atomic E-state index is 0.156. The summed E-state index contributed by atoms with van der Waals surface area (Å²) in [6, 6.07) is 19.9. The van der Waals surface area contributed by atoms with Gasteiger partial charge in [0.15, 0.2) is 16.6 Å². The highest BCUT2D eigenvalue weighted by molar-refractivity contribution is 8.00. The number of benzene rings is 3. The normalized spacial score (nSPS) is 10.5. The summed E-state index contributed by atoms with van der Waals surface area (Å²) in [5.41, 5.74) is 2.70. The fourth-order valence-corrected chi connectivity index (χ4v) is 4.86. The van der Waals surface area contributed by atoms with Crippen LogP contribution in [-0.2, 0) is 4.79 Å². The topological polar surface area (TPSA) is 98.8 Å². The van der Waals surface area contributed by atoms with Crippen LogP contribution in [0.15, 0.2) is 77.0 Å². The third-order valence-corrected chi connectivity index (χ3v) is 7.03. The number of para-hydroxylation sites is 1. The van der Waals surface area contributed by atoms with E-state index in [-0.39, 0.29) is 17.6 Å². The lowest BCUT2D eigenvalue weighted by atomic mass is 10.1. The number of carbonyl (C=O) groups is 2. The van der Waals surface area contributed by atoms with E-state index in [0.29, 0.717) is 27.9 Å². The van der Waals surface area contributed by atoms with Crippen molar-refractivity contribution in [3.05, 3.63) is 77.7 Å². The van der Waals surface area contributed by atoms with Crippen LogP contribution in [0.1, 0.15) is 10.4 Å². The van der Waals surface area contributed by atoms with Crippen molar-refractivity contribution in [1.29, 1.82) is 0 Å². The number of amides is 2. The minimum atomic E-state index is -0.267. The quantitative estimate of drug-likeness (QED) is 0.247. The van der Waals surface area contributed by atoms with Gasteiger partial charge in [-0.15, -0.1) is 23.1 Å². The molecule has 4 aromatic rings. The Morgan fingerprint density at radius 3 is 2.32 bits per heavy atom. The molecule has 1 heterocycles. The molecule has 3 aromatic carbocycles. The molecule has 4 rings (SSSR count). The summed E-state index contributed by atoms with van der Waals surface area (Å²) in [5.74, 6) is 1.56. The lowest BCUT2D eigenvalue weighted by Gasteiger charge is -2.10. The van der Waals surface area contributed by atoms with Crippen LogP contribution in [0.5, 0.6) is 17.2 Å². The first-order valence-corrected chi connectivity index (χ1v) is 13.0. The van der Waals surface area contributed by atoms with Crippen LogP contribution in [0, 0.1) is 0 Å². The molecule has 8 nitrogen and oxygen atoms in total. The van der Waals surface area contributed by atoms with Gasteiger partial charge in [-0.1, -0.05) is 12.1 Å². The van der Waals surface area contributed by atoms with Crippen LogP contribution in [0.2, 0.25) is 0 Å². The van der Waals surface area contributed by atoms with Crippen molar-refractivity contribution in [3.63, 3.8) is 0 Å². The molecule has 190 valence electrons. The molecule has 0 radical (unpaired) electrons. The number of thiazole rings is 1. The number of carbonyl (C=O) groups excluding carboxylic acids is 2. The smallest absolute Gasteiger partial charge is 0.255 e. The molecular formula is C27H25N3O5S2. The fraction of sp³-hybridized carbons (Fsp3) is 0.148. The van der Waals surface area contributed by atoms with E-state index in [1.807, 2.05) is 41.8 Å². The van der Waals surface area contributed by atoms with Crippen molar-refractivity contribution in [2.24, 2.45) is 0 Å². The third-order valence-electron chi connectivity index (χ3n) is 5.26. The highest BCUT2D eigenvalue weighted by atomic mass is 32.2. The van der Waals surface area contributed by atoms with Crippen LogP contribution < -0.4 is 24.8 Å². The summed E-state index contributed by atoms with van der Waals surface area (Å²) in [7, 11) is 4.68. The Hall–Kier alpha value is -4.02. The van der Waals surface area contributed by atoms with Crippen molar-refractivity contribution < 1.29 is 23.8 Å². The lowest BCUT2D eigenvalue weighted by molar-refractivity contribution is -0.113. The molecular weight excluding hydrogens is 510 g/mol. The molecule has 0 saturated carbocycles. The van der Waals surface area contributed by atoms with Crippen molar-refractivity contribution in [2.45, 2.75) is 4.90 Å². The molecule has 10 heteroatoms. The van der Waals surface area contributed by atoms with Gasteiger partial charge in [-0.3, -0.25) is 9.59 Å². The van der Waals surface area contributed by atoms with E-state index >= 15 is 0 Å². The first kappa shape index (κ1) is 26.1. The third kappa shape index (κ3) is 6.60. The maximum Gasteiger partial charge on any atom is 0.255 e. The maximum absolute atomic E-state index is 12.6. The van der Waals surface area contributed by atoms with E-state index < -0.39 is 0 Å². The second kappa shape index (κ2) is 12.3. The van der Waals surface area contributed by atoms with Crippen molar-refractivity contribution in [1.82, 2.24) is 4.98 Å². The predicted octanol–water partition coefficient (Wildman–Crippen LogP) is 5.82. The molecule has 0 atom stereocenters. The number of hydrogen-bond acceptors (Lipinski definition) is 8. The van der Waals surface area contributed by atoms with Gasteiger partial charge in [0.25, 0.3) is 5.91 Å². The Labute approximate surface area is 223 Å². The van der Waals surface area contributed by atoms with Crippen LogP contribution >= 0.6 is 23.1 Å². The van der Waals surface area contributed by atoms with E-state index in [1.54, 1.807) is 44.6 Å². The molecule has 0 bridgehead atoms. The van der Waals surface area contributed by atoms with E-state index in [4.69, 9.17) is 14.2 Å². The van der Waals surface area contributed by atoms with E-state index in [1.165, 1.54) is 30.2 Å². The van der Waals surface area contributed by atoms with Gasteiger partial charge >= 0.3 is 0 Å². The Bertz CT molecular complexity index is 1390. The van der Waals surface area contributed by atoms with Crippen LogP contribution in [0.4, 0.5) is 10.8 Å². The monoisotopic (exact) mass is 535 g/mol. The van der Waals surface area contributed by atoms with Crippen LogP contribution in [-0.4, -0.2) is 43.9 Å². The number of nitrogens with one attached hydrogen (secondary N) is 2. The molecule has 37 heavy (non-hydrogen) atoms. The van der Waals surface area contributed by atoms with Crippen LogP contribution in [0.25, 0.3) is 11.3 Å². The summed E-state index contributed by atoms with van der Waals surface area (Å²) in [4.78, 5) is 30.5. The number of aromatic nitrogens is 1. The summed E-state index contributed by atoms with van der Waals surface area (Å²) in [5, 5.41) is 8.11. The van der Waals surface area contributed by atoms with Crippen molar-refractivity contribution in [2.75, 3.05) is 37.7 Å². The Morgan fingerprint density at radius 2 is 1.59 bits per heavy atom. The van der Waals surface area contributed by atoms with Crippen LogP contribution in [0.3, 0.4) is 0 Å². The highest BCUT2D eigenvalue weighted by Crippen LogP contribution is 2.32. The zero-order valence-electron chi connectivity index (χ0n) is 20.4. The molecule has 1 aromatic heterocycles. The average molecular weight is 536 g/mol. The molecule has 0 fully saturated rings. The number of ether oxygens (including phenoxy) is 3. The van der Waals surface area contributed by atoms with Gasteiger partial charge in [0.05, 0.1) is 32.8 Å². The molecule has 0 saturated heterocycles. The average Bonchev–Trinajstić information content (AvgIpc) is 3.40. The zero-order valence-corrected chi connectivity index (χ0v) is 22.1. The summed E-state index contributed by atoms with van der Waals surface area (Å²) in [6.07, 6.45) is 0. The molecule has 0 aliphatic carbocycles. The molecule has 2 N–H and O–H groups in total. The van der Waals surface area contributed by atoms with E-state index in [2.05, 4.69) is 15.6 Å². The molecule has 0 aliphatic rings. The molecule has 0 spiro atoms. The standard InChI is InChI=1S/C27H25N3O5S2/c1-33-22-7-5-4-6-20(22)21-15-37-27(29-21)30-25(31)16-36-19-11-9-18(10-12-19)28-26(32)17-8-13-23(34-2)24(14-17)35-3/h4-15H,16H2,1-3H3,(H,28,32)(H,29,30,31). The maximum atomic E-state index is 12.6. The van der Waals surface area contributed by atoms with Gasteiger partial charge in [0.2, 0.25) is 5.91 Å². The SMILES string of the molecule is COc1ccc(C(=O)Nc2ccc(SCC(=O)Nc3nc(-c4ccccc4OC)cs3)cc2)cc1OC. The second-order valence-electron chi connectivity index (χ2n) is 7.62. The molecule has 2 amide bonds. The van der Waals surface area contributed by atoms with E-state index in [9.17, 15) is 9.59 Å². The number of anilines is 2. The van der Waals surface area contributed by atoms with Gasteiger partial charge in [-0.25, -0.2) is 4.98 Å². The van der Waals surface area contributed by atoms with Gasteiger partial charge in [0.1, 0.15) is 5.75 Å². The summed E-state index contributed by atoms with van der Waals surface area (Å²) < 4.78 is 15.9. The van der Waals surface area contributed by atoms with Gasteiger partial charge in [0, 0.05) is 27.1 Å². The molecule has 0 aliphatic heterocycles. The second-order valence-corrected chi connectivity index (χ2v) is 9.53. The Morgan fingerprint density at radius 1 is 0.865 bits per heavy atom. The summed E-state index contributed by atoms with van der Waals surface area (Å²) >= 11 is 2.75. The van der Waals surface area contributed by atoms with Crippen molar-refractivity contribution >= 4 is 45.7 Å². The lowest BCUT2D eigenvalue weighted by Crippen LogP contribution is -2.13. The predicted molar refractivity (Wildman–Crippen MR) is 147 cm³/mol. The van der Waals surface area contributed by atoms with Gasteiger partial charge in [-0.05, 0) is 54.6 Å². The Kier molecular flexibility index (Phi) is 8.65. The summed E-state index contributed by atoms with van der Waals surface area (Å²) in [6.45, 7) is 0. The highest BCUT2D eigenvalue weighted by Gasteiger charge is 2.13. The van der Waals surface area contributed by atoms with Gasteiger partial charge in [-0.2, -0.15) is 0 Å². The van der Waals surface area contributed by atoms with Gasteiger partial charge < -0.3 is 24.8 Å². The first-order chi connectivity index (χ1) is 18.0. The fourth-order valence-electron chi connectivity index (χ4n) is 3.43. The largest absolute Gasteiger partial charge is 0.496 e. The number of rotatable bonds is 10.